The number of carbonyl (C=O) groups is 1. The zero-order valence-corrected chi connectivity index (χ0v) is 10.4. The fraction of sp³-hybridized carbons (Fsp3) is 0.462. The molecule has 1 aromatic carbocycles. The number of nitrogens with zero attached hydrogens (tertiary/aromatic N) is 1. The van der Waals surface area contributed by atoms with Crippen LogP contribution in [0.15, 0.2) is 18.2 Å². The highest BCUT2D eigenvalue weighted by Gasteiger charge is 2.29. The van der Waals surface area contributed by atoms with E-state index in [9.17, 15) is 9.18 Å². The van der Waals surface area contributed by atoms with Crippen molar-refractivity contribution in [3.05, 3.63) is 24.0 Å². The Balaban J connectivity index is 1.95. The molecule has 4 nitrogen and oxygen atoms in total. The standard InChI is InChI=1S/C13H18FN3O/c1-2-17(10-4-5-10)8-13(18)16-12-7-9(14)3-6-11(12)15/h3,6-7,10H,2,4-5,8,15H2,1H3,(H,16,18). The molecule has 0 aromatic heterocycles. The molecule has 0 aliphatic heterocycles. The Morgan fingerprint density at radius 3 is 2.89 bits per heavy atom. The minimum Gasteiger partial charge on any atom is -0.397 e. The van der Waals surface area contributed by atoms with Gasteiger partial charge in [-0.3, -0.25) is 9.69 Å². The predicted molar refractivity (Wildman–Crippen MR) is 69.7 cm³/mol. The Labute approximate surface area is 106 Å². The highest BCUT2D eigenvalue weighted by Crippen LogP contribution is 2.26. The van der Waals surface area contributed by atoms with Gasteiger partial charge in [0.1, 0.15) is 5.82 Å². The van der Waals surface area contributed by atoms with Crippen molar-refractivity contribution in [1.29, 1.82) is 0 Å². The first-order valence-corrected chi connectivity index (χ1v) is 6.19. The summed E-state index contributed by atoms with van der Waals surface area (Å²) in [5.74, 6) is -0.560. The summed E-state index contributed by atoms with van der Waals surface area (Å²) in [5.41, 5.74) is 6.39. The third-order valence-electron chi connectivity index (χ3n) is 3.11. The Kier molecular flexibility index (Phi) is 3.81. The van der Waals surface area contributed by atoms with Crippen LogP contribution in [-0.4, -0.2) is 29.9 Å². The summed E-state index contributed by atoms with van der Waals surface area (Å²) in [6, 6.07) is 4.49. The van der Waals surface area contributed by atoms with Gasteiger partial charge in [0.2, 0.25) is 5.91 Å². The molecular formula is C13H18FN3O. The number of anilines is 2. The average molecular weight is 251 g/mol. The molecular weight excluding hydrogens is 233 g/mol. The van der Waals surface area contributed by atoms with Gasteiger partial charge in [0.05, 0.1) is 17.9 Å². The zero-order chi connectivity index (χ0) is 13.1. The van der Waals surface area contributed by atoms with Crippen molar-refractivity contribution < 1.29 is 9.18 Å². The van der Waals surface area contributed by atoms with Gasteiger partial charge in [0, 0.05) is 6.04 Å². The van der Waals surface area contributed by atoms with Gasteiger partial charge in [0.15, 0.2) is 0 Å². The molecule has 98 valence electrons. The molecule has 0 atom stereocenters. The fourth-order valence-electron chi connectivity index (χ4n) is 1.95. The summed E-state index contributed by atoms with van der Waals surface area (Å²) in [6.07, 6.45) is 2.31. The maximum Gasteiger partial charge on any atom is 0.238 e. The largest absolute Gasteiger partial charge is 0.397 e. The van der Waals surface area contributed by atoms with Gasteiger partial charge >= 0.3 is 0 Å². The predicted octanol–water partition coefficient (Wildman–Crippen LogP) is 1.83. The maximum absolute atomic E-state index is 13.0. The number of rotatable bonds is 5. The molecule has 1 saturated carbocycles. The normalized spacial score (nSPS) is 14.8. The number of nitrogen functional groups attached to an aromatic ring is 1. The second-order valence-electron chi connectivity index (χ2n) is 4.57. The first-order valence-electron chi connectivity index (χ1n) is 6.19. The molecule has 0 radical (unpaired) electrons. The minimum absolute atomic E-state index is 0.152. The number of halogens is 1. The van der Waals surface area contributed by atoms with Crippen LogP contribution in [0.25, 0.3) is 0 Å². The maximum atomic E-state index is 13.0. The summed E-state index contributed by atoms with van der Waals surface area (Å²) >= 11 is 0. The van der Waals surface area contributed by atoms with E-state index < -0.39 is 5.82 Å². The Morgan fingerprint density at radius 1 is 1.56 bits per heavy atom. The van der Waals surface area contributed by atoms with Crippen LogP contribution in [0.5, 0.6) is 0 Å². The van der Waals surface area contributed by atoms with Gasteiger partial charge in [-0.05, 0) is 37.6 Å². The Morgan fingerprint density at radius 2 is 2.28 bits per heavy atom. The van der Waals surface area contributed by atoms with Crippen LogP contribution in [0.4, 0.5) is 15.8 Å². The number of nitrogens with two attached hydrogens (primary N) is 1. The van der Waals surface area contributed by atoms with E-state index in [0.717, 1.165) is 19.4 Å². The molecule has 3 N–H and O–H groups in total. The van der Waals surface area contributed by atoms with E-state index in [4.69, 9.17) is 5.73 Å². The van der Waals surface area contributed by atoms with E-state index in [1.807, 2.05) is 6.92 Å². The van der Waals surface area contributed by atoms with Gasteiger partial charge in [-0.15, -0.1) is 0 Å². The Bertz CT molecular complexity index is 446. The molecule has 0 spiro atoms. The molecule has 18 heavy (non-hydrogen) atoms. The molecule has 5 heteroatoms. The minimum atomic E-state index is -0.408. The van der Waals surface area contributed by atoms with E-state index in [1.54, 1.807) is 0 Å². The van der Waals surface area contributed by atoms with Crippen molar-refractivity contribution in [1.82, 2.24) is 4.90 Å². The third kappa shape index (κ3) is 3.20. The van der Waals surface area contributed by atoms with Crippen LogP contribution < -0.4 is 11.1 Å². The molecule has 0 bridgehead atoms. The fourth-order valence-corrected chi connectivity index (χ4v) is 1.95. The number of benzene rings is 1. The van der Waals surface area contributed by atoms with E-state index in [0.29, 0.717) is 24.0 Å². The van der Waals surface area contributed by atoms with Gasteiger partial charge in [-0.25, -0.2) is 4.39 Å². The van der Waals surface area contributed by atoms with Crippen LogP contribution in [0, 0.1) is 5.82 Å². The smallest absolute Gasteiger partial charge is 0.238 e. The Hall–Kier alpha value is -1.62. The summed E-state index contributed by atoms with van der Waals surface area (Å²) in [6.45, 7) is 3.20. The van der Waals surface area contributed by atoms with Gasteiger partial charge in [0.25, 0.3) is 0 Å². The van der Waals surface area contributed by atoms with Crippen molar-refractivity contribution in [2.75, 3.05) is 24.1 Å². The molecule has 2 rings (SSSR count). The summed E-state index contributed by atoms with van der Waals surface area (Å²) in [7, 11) is 0. The van der Waals surface area contributed by atoms with Crippen molar-refractivity contribution in [3.8, 4) is 0 Å². The zero-order valence-electron chi connectivity index (χ0n) is 10.4. The average Bonchev–Trinajstić information content (AvgIpc) is 3.15. The van der Waals surface area contributed by atoms with Crippen molar-refractivity contribution in [2.24, 2.45) is 0 Å². The summed E-state index contributed by atoms with van der Waals surface area (Å²) in [5, 5.41) is 2.65. The SMILES string of the molecule is CCN(CC(=O)Nc1cc(F)ccc1N)C1CC1. The number of likely N-dealkylation sites (N-methyl/N-ethyl adjacent to an activating group) is 1. The van der Waals surface area contributed by atoms with E-state index >= 15 is 0 Å². The second kappa shape index (κ2) is 5.35. The van der Waals surface area contributed by atoms with Crippen LogP contribution in [0.3, 0.4) is 0 Å². The number of hydrogen-bond acceptors (Lipinski definition) is 3. The van der Waals surface area contributed by atoms with Crippen molar-refractivity contribution in [2.45, 2.75) is 25.8 Å². The highest BCUT2D eigenvalue weighted by atomic mass is 19.1. The van der Waals surface area contributed by atoms with Crippen LogP contribution >= 0.6 is 0 Å². The van der Waals surface area contributed by atoms with E-state index in [-0.39, 0.29) is 5.91 Å². The second-order valence-corrected chi connectivity index (χ2v) is 4.57. The van der Waals surface area contributed by atoms with Crippen LogP contribution in [0.1, 0.15) is 19.8 Å². The summed E-state index contributed by atoms with van der Waals surface area (Å²) in [4.78, 5) is 14.0. The van der Waals surface area contributed by atoms with Crippen molar-refractivity contribution in [3.63, 3.8) is 0 Å². The number of nitrogens with one attached hydrogen (secondary N) is 1. The van der Waals surface area contributed by atoms with Crippen molar-refractivity contribution >= 4 is 17.3 Å². The lowest BCUT2D eigenvalue weighted by molar-refractivity contribution is -0.117. The third-order valence-corrected chi connectivity index (χ3v) is 3.11. The van der Waals surface area contributed by atoms with Crippen LogP contribution in [0.2, 0.25) is 0 Å². The lowest BCUT2D eigenvalue weighted by Crippen LogP contribution is -2.34. The quantitative estimate of drug-likeness (QED) is 0.785. The molecule has 1 amide bonds. The molecule has 1 aliphatic carbocycles. The monoisotopic (exact) mass is 251 g/mol. The molecule has 1 aromatic rings. The highest BCUT2D eigenvalue weighted by molar-refractivity contribution is 5.95. The molecule has 1 aliphatic rings. The topological polar surface area (TPSA) is 58.4 Å². The molecule has 0 unspecified atom stereocenters. The number of amides is 1. The lowest BCUT2D eigenvalue weighted by Gasteiger charge is -2.19. The first-order chi connectivity index (χ1) is 8.60. The van der Waals surface area contributed by atoms with Crippen LogP contribution in [-0.2, 0) is 4.79 Å². The summed E-state index contributed by atoms with van der Waals surface area (Å²) < 4.78 is 13.0. The lowest BCUT2D eigenvalue weighted by atomic mass is 10.2. The molecule has 0 heterocycles. The number of carbonyl (C=O) groups excluding carboxylic acids is 1. The first kappa shape index (κ1) is 12.8. The number of hydrogen-bond donors (Lipinski definition) is 2. The van der Waals surface area contributed by atoms with Gasteiger partial charge < -0.3 is 11.1 Å². The molecule has 0 saturated heterocycles. The van der Waals surface area contributed by atoms with Gasteiger partial charge in [-0.1, -0.05) is 6.92 Å². The van der Waals surface area contributed by atoms with E-state index in [1.165, 1.54) is 18.2 Å². The van der Waals surface area contributed by atoms with Gasteiger partial charge in [-0.2, -0.15) is 0 Å². The molecule has 1 fully saturated rings. The van der Waals surface area contributed by atoms with E-state index in [2.05, 4.69) is 10.2 Å².